The van der Waals surface area contributed by atoms with Crippen LogP contribution in [0.25, 0.3) is 0 Å². The average Bonchev–Trinajstić information content (AvgIpc) is 2.95. The van der Waals surface area contributed by atoms with Crippen molar-refractivity contribution in [3.63, 3.8) is 0 Å². The van der Waals surface area contributed by atoms with Crippen LogP contribution in [-0.4, -0.2) is 32.3 Å². The van der Waals surface area contributed by atoms with Gasteiger partial charge in [0.15, 0.2) is 11.8 Å². The van der Waals surface area contributed by atoms with Crippen LogP contribution >= 0.6 is 23.2 Å². The van der Waals surface area contributed by atoms with Crippen molar-refractivity contribution in [3.8, 4) is 0 Å². The molecule has 22 heavy (non-hydrogen) atoms. The fourth-order valence-electron chi connectivity index (χ4n) is 1.92. The minimum atomic E-state index is 0.524. The summed E-state index contributed by atoms with van der Waals surface area (Å²) >= 11 is 12.0. The van der Waals surface area contributed by atoms with Crippen LogP contribution in [0.4, 0.5) is 0 Å². The molecule has 2 aromatic rings. The van der Waals surface area contributed by atoms with Gasteiger partial charge >= 0.3 is 0 Å². The van der Waals surface area contributed by atoms with E-state index in [0.717, 1.165) is 17.3 Å². The van der Waals surface area contributed by atoms with E-state index >= 15 is 0 Å². The van der Waals surface area contributed by atoms with Crippen LogP contribution in [-0.2, 0) is 27.2 Å². The zero-order valence-electron chi connectivity index (χ0n) is 13.0. The van der Waals surface area contributed by atoms with Crippen molar-refractivity contribution in [3.05, 3.63) is 33.6 Å². The molecule has 0 aliphatic carbocycles. The molecule has 0 spiro atoms. The Hall–Kier alpha value is -1.73. The Kier molecular flexibility index (Phi) is 5.31. The average molecular weight is 344 g/mol. The van der Waals surface area contributed by atoms with Gasteiger partial charge in [0.1, 0.15) is 11.0 Å². The molecule has 0 saturated carbocycles. The van der Waals surface area contributed by atoms with E-state index in [2.05, 4.69) is 25.8 Å². The molecule has 2 heterocycles. The number of halogens is 2. The van der Waals surface area contributed by atoms with E-state index < -0.39 is 0 Å². The number of nitrogens with one attached hydrogen (secondary N) is 2. The Bertz CT molecular complexity index is 687. The summed E-state index contributed by atoms with van der Waals surface area (Å²) in [5, 5.41) is 15.6. The van der Waals surface area contributed by atoms with Crippen LogP contribution < -0.4 is 10.6 Å². The molecule has 0 amide bonds. The Morgan fingerprint density at radius 2 is 1.86 bits per heavy atom. The lowest BCUT2D eigenvalue weighted by atomic mass is 10.4. The van der Waals surface area contributed by atoms with Crippen LogP contribution in [0, 0.1) is 6.92 Å². The van der Waals surface area contributed by atoms with Gasteiger partial charge in [0.05, 0.1) is 18.1 Å². The van der Waals surface area contributed by atoms with Crippen LogP contribution in [0.1, 0.15) is 17.3 Å². The van der Waals surface area contributed by atoms with Crippen molar-refractivity contribution in [2.24, 2.45) is 19.1 Å². The lowest BCUT2D eigenvalue weighted by molar-refractivity contribution is 0.707. The molecule has 0 atom stereocenters. The lowest BCUT2D eigenvalue weighted by Crippen LogP contribution is -2.37. The number of aromatic nitrogens is 4. The second kappa shape index (κ2) is 7.02. The summed E-state index contributed by atoms with van der Waals surface area (Å²) < 4.78 is 3.76. The van der Waals surface area contributed by atoms with Gasteiger partial charge in [-0.2, -0.15) is 0 Å². The molecule has 2 N–H and O–H groups in total. The van der Waals surface area contributed by atoms with Crippen LogP contribution in [0.2, 0.25) is 10.2 Å². The van der Waals surface area contributed by atoms with E-state index in [-0.39, 0.29) is 0 Å². The highest BCUT2D eigenvalue weighted by Gasteiger charge is 2.10. The predicted molar refractivity (Wildman–Crippen MR) is 88.2 cm³/mol. The fourth-order valence-corrected chi connectivity index (χ4v) is 2.34. The second-order valence-electron chi connectivity index (χ2n) is 4.84. The maximum absolute atomic E-state index is 6.05. The Labute approximate surface area is 139 Å². The van der Waals surface area contributed by atoms with Crippen molar-refractivity contribution in [1.29, 1.82) is 0 Å². The highest BCUT2D eigenvalue weighted by Crippen LogP contribution is 2.24. The summed E-state index contributed by atoms with van der Waals surface area (Å²) in [6.07, 6.45) is 0. The first-order valence-electron chi connectivity index (χ1n) is 6.73. The maximum Gasteiger partial charge on any atom is 0.191 e. The van der Waals surface area contributed by atoms with Gasteiger partial charge in [-0.05, 0) is 13.0 Å². The van der Waals surface area contributed by atoms with E-state index in [1.807, 2.05) is 36.2 Å². The van der Waals surface area contributed by atoms with E-state index in [1.54, 1.807) is 7.05 Å². The molecule has 0 aliphatic heterocycles. The molecular formula is C13H19Cl2N7. The van der Waals surface area contributed by atoms with E-state index in [9.17, 15) is 0 Å². The summed E-state index contributed by atoms with van der Waals surface area (Å²) in [5.74, 6) is 2.37. The van der Waals surface area contributed by atoms with Crippen molar-refractivity contribution in [1.82, 2.24) is 30.0 Å². The summed E-state index contributed by atoms with van der Waals surface area (Å²) in [5.41, 5.74) is 0.965. The van der Waals surface area contributed by atoms with Crippen LogP contribution in [0.15, 0.2) is 11.1 Å². The van der Waals surface area contributed by atoms with E-state index in [4.69, 9.17) is 23.2 Å². The first kappa shape index (κ1) is 16.6. The summed E-state index contributed by atoms with van der Waals surface area (Å²) in [6.45, 7) is 3.00. The van der Waals surface area contributed by atoms with Gasteiger partial charge in [-0.25, -0.2) is 0 Å². The summed E-state index contributed by atoms with van der Waals surface area (Å²) in [7, 11) is 5.50. The zero-order chi connectivity index (χ0) is 16.3. The second-order valence-corrected chi connectivity index (χ2v) is 5.60. The van der Waals surface area contributed by atoms with Gasteiger partial charge in [-0.3, -0.25) is 4.99 Å². The molecule has 2 aromatic heterocycles. The number of aliphatic imine (C=N–C) groups is 1. The minimum absolute atomic E-state index is 0.524. The number of hydrogen-bond donors (Lipinski definition) is 2. The first-order chi connectivity index (χ1) is 10.4. The lowest BCUT2D eigenvalue weighted by Gasteiger charge is -2.12. The molecule has 0 aliphatic rings. The first-order valence-corrected chi connectivity index (χ1v) is 7.48. The smallest absolute Gasteiger partial charge is 0.191 e. The standard InChI is InChI=1S/C13H19Cl2N7/c1-8-19-20-11(21(8)3)7-18-13(16-2)17-6-9-5-10(14)12(15)22(9)4/h5H,6-7H2,1-4H3,(H2,16,17,18). The van der Waals surface area contributed by atoms with Gasteiger partial charge in [-0.15, -0.1) is 10.2 Å². The van der Waals surface area contributed by atoms with E-state index in [0.29, 0.717) is 29.2 Å². The topological polar surface area (TPSA) is 72.1 Å². The maximum atomic E-state index is 6.05. The SMILES string of the molecule is CN=C(NCc1cc(Cl)c(Cl)n1C)NCc1nnc(C)n1C. The van der Waals surface area contributed by atoms with Crippen molar-refractivity contribution >= 4 is 29.2 Å². The summed E-state index contributed by atoms with van der Waals surface area (Å²) in [6, 6.07) is 1.83. The molecule has 0 aromatic carbocycles. The van der Waals surface area contributed by atoms with Gasteiger partial charge < -0.3 is 19.8 Å². The molecule has 120 valence electrons. The van der Waals surface area contributed by atoms with Crippen molar-refractivity contribution < 1.29 is 0 Å². The van der Waals surface area contributed by atoms with E-state index in [1.165, 1.54) is 0 Å². The number of hydrogen-bond acceptors (Lipinski definition) is 3. The normalized spacial score (nSPS) is 11.8. The molecule has 2 rings (SSSR count). The molecule has 0 saturated heterocycles. The van der Waals surface area contributed by atoms with Gasteiger partial charge in [-0.1, -0.05) is 23.2 Å². The number of guanidine groups is 1. The number of aryl methyl sites for hydroxylation is 1. The zero-order valence-corrected chi connectivity index (χ0v) is 14.5. The largest absolute Gasteiger partial charge is 0.351 e. The highest BCUT2D eigenvalue weighted by atomic mass is 35.5. The molecule has 0 fully saturated rings. The fraction of sp³-hybridized carbons (Fsp3) is 0.462. The Morgan fingerprint density at radius 3 is 2.36 bits per heavy atom. The Morgan fingerprint density at radius 1 is 1.18 bits per heavy atom. The summed E-state index contributed by atoms with van der Waals surface area (Å²) in [4.78, 5) is 4.18. The van der Waals surface area contributed by atoms with Gasteiger partial charge in [0, 0.05) is 26.8 Å². The number of rotatable bonds is 4. The molecule has 0 radical (unpaired) electrons. The highest BCUT2D eigenvalue weighted by molar-refractivity contribution is 6.41. The predicted octanol–water partition coefficient (Wildman–Crippen LogP) is 1.63. The monoisotopic (exact) mass is 343 g/mol. The molecular weight excluding hydrogens is 325 g/mol. The molecule has 7 nitrogen and oxygen atoms in total. The third-order valence-corrected chi connectivity index (χ3v) is 4.31. The third-order valence-electron chi connectivity index (χ3n) is 3.47. The van der Waals surface area contributed by atoms with Crippen LogP contribution in [0.5, 0.6) is 0 Å². The quantitative estimate of drug-likeness (QED) is 0.653. The molecule has 0 bridgehead atoms. The number of nitrogens with zero attached hydrogens (tertiary/aromatic N) is 5. The van der Waals surface area contributed by atoms with Crippen molar-refractivity contribution in [2.45, 2.75) is 20.0 Å². The van der Waals surface area contributed by atoms with Crippen LogP contribution in [0.3, 0.4) is 0 Å². The van der Waals surface area contributed by atoms with Crippen molar-refractivity contribution in [2.75, 3.05) is 7.05 Å². The molecule has 0 unspecified atom stereocenters. The molecule has 9 heteroatoms. The Balaban J connectivity index is 1.93. The van der Waals surface area contributed by atoms with Gasteiger partial charge in [0.25, 0.3) is 0 Å². The minimum Gasteiger partial charge on any atom is -0.351 e. The third kappa shape index (κ3) is 3.53. The van der Waals surface area contributed by atoms with Gasteiger partial charge in [0.2, 0.25) is 0 Å².